The fraction of sp³-hybridized carbons (Fsp3) is 0.375. The Labute approximate surface area is 214 Å². The molecule has 0 aliphatic carbocycles. The minimum atomic E-state index is -4.10. The number of nitrogens with one attached hydrogen (secondary N) is 3. The molecule has 5 N–H and O–H groups in total. The number of hydrogen-bond acceptors (Lipinski definition) is 7. The number of amides is 2. The van der Waals surface area contributed by atoms with Crippen LogP contribution in [-0.4, -0.2) is 77.4 Å². The number of carbonyl (C=O) groups is 2. The normalized spacial score (nSPS) is 13.5. The molecule has 1 heterocycles. The van der Waals surface area contributed by atoms with Gasteiger partial charge in [-0.05, 0) is 36.1 Å². The Kier molecular flexibility index (Phi) is 9.08. The second-order valence-electron chi connectivity index (χ2n) is 8.91. The molecule has 3 aromatic rings. The van der Waals surface area contributed by atoms with E-state index >= 15 is 0 Å². The highest BCUT2D eigenvalue weighted by Crippen LogP contribution is 2.23. The molecule has 0 aliphatic rings. The van der Waals surface area contributed by atoms with Gasteiger partial charge in [-0.15, -0.1) is 0 Å². The van der Waals surface area contributed by atoms with Crippen LogP contribution in [0.15, 0.2) is 53.4 Å². The van der Waals surface area contributed by atoms with Crippen molar-refractivity contribution in [3.8, 4) is 0 Å². The predicted molar refractivity (Wildman–Crippen MR) is 137 cm³/mol. The highest BCUT2D eigenvalue weighted by Gasteiger charge is 2.31. The van der Waals surface area contributed by atoms with E-state index in [-0.39, 0.29) is 36.3 Å². The summed E-state index contributed by atoms with van der Waals surface area (Å²) in [4.78, 5) is 29.8. The largest absolute Gasteiger partial charge is 0.465 e. The molecule has 0 saturated carbocycles. The maximum Gasteiger partial charge on any atom is 0.413 e. The molecule has 13 heteroatoms. The van der Waals surface area contributed by atoms with Gasteiger partial charge in [0.15, 0.2) is 0 Å². The number of fused-ring (bicyclic) bond motifs is 1. The Morgan fingerprint density at radius 1 is 1.14 bits per heavy atom. The summed E-state index contributed by atoms with van der Waals surface area (Å²) in [7, 11) is -2.90. The summed E-state index contributed by atoms with van der Waals surface area (Å²) >= 11 is 0. The summed E-state index contributed by atoms with van der Waals surface area (Å²) in [5.74, 6) is 0.0151. The van der Waals surface area contributed by atoms with Gasteiger partial charge in [-0.25, -0.2) is 23.0 Å². The van der Waals surface area contributed by atoms with Crippen LogP contribution >= 0.6 is 0 Å². The zero-order chi connectivity index (χ0) is 27.2. The molecule has 200 valence electrons. The molecule has 37 heavy (non-hydrogen) atoms. The van der Waals surface area contributed by atoms with Crippen molar-refractivity contribution in [2.45, 2.75) is 37.3 Å². The highest BCUT2D eigenvalue weighted by molar-refractivity contribution is 7.89. The number of aliphatic hydroxyl groups is 1. The minimum absolute atomic E-state index is 0.0604. The molecule has 0 fully saturated rings. The first-order chi connectivity index (χ1) is 17.5. The van der Waals surface area contributed by atoms with Crippen molar-refractivity contribution in [2.24, 2.45) is 5.92 Å². The summed E-state index contributed by atoms with van der Waals surface area (Å²) < 4.78 is 32.9. The lowest BCUT2D eigenvalue weighted by atomic mass is 10.0. The lowest BCUT2D eigenvalue weighted by molar-refractivity contribution is 0.0980. The molecule has 2 aromatic carbocycles. The molecular weight excluding hydrogens is 502 g/mol. The number of H-pyrrole nitrogens is 1. The predicted octanol–water partition coefficient (Wildman–Crippen LogP) is 2.63. The molecule has 0 radical (unpaired) electrons. The summed E-state index contributed by atoms with van der Waals surface area (Å²) in [5.41, 5.74) is 1.58. The van der Waals surface area contributed by atoms with Gasteiger partial charge in [0.25, 0.3) is 0 Å². The number of imidazole rings is 1. The number of aliphatic hydroxyl groups excluding tert-OH is 1. The summed E-state index contributed by atoms with van der Waals surface area (Å²) in [6, 6.07) is 12.4. The Bertz CT molecular complexity index is 1330. The van der Waals surface area contributed by atoms with Crippen molar-refractivity contribution in [3.63, 3.8) is 0 Å². The van der Waals surface area contributed by atoms with Crippen molar-refractivity contribution in [2.75, 3.05) is 25.5 Å². The van der Waals surface area contributed by atoms with Gasteiger partial charge in [0, 0.05) is 13.1 Å². The van der Waals surface area contributed by atoms with Crippen molar-refractivity contribution in [1.82, 2.24) is 19.6 Å². The topological polar surface area (TPSA) is 174 Å². The highest BCUT2D eigenvalue weighted by atomic mass is 32.2. The third-order valence-corrected chi connectivity index (χ3v) is 7.36. The van der Waals surface area contributed by atoms with E-state index < -0.39 is 34.4 Å². The van der Waals surface area contributed by atoms with Crippen LogP contribution in [0.5, 0.6) is 0 Å². The van der Waals surface area contributed by atoms with Gasteiger partial charge in [-0.2, -0.15) is 4.31 Å². The average molecular weight is 534 g/mol. The second-order valence-corrected chi connectivity index (χ2v) is 10.8. The van der Waals surface area contributed by atoms with Gasteiger partial charge < -0.3 is 25.3 Å². The molecule has 12 nitrogen and oxygen atoms in total. The van der Waals surface area contributed by atoms with Crippen LogP contribution in [0.1, 0.15) is 19.4 Å². The van der Waals surface area contributed by atoms with E-state index in [1.54, 1.807) is 24.3 Å². The Morgan fingerprint density at radius 3 is 2.46 bits per heavy atom. The fourth-order valence-corrected chi connectivity index (χ4v) is 5.47. The van der Waals surface area contributed by atoms with Crippen molar-refractivity contribution >= 4 is 39.2 Å². The number of nitrogens with zero attached hydrogens (tertiary/aromatic N) is 2. The van der Waals surface area contributed by atoms with Crippen LogP contribution in [0, 0.1) is 5.92 Å². The molecule has 1 aromatic heterocycles. The molecule has 0 saturated heterocycles. The molecular formula is C24H31N5O7S. The van der Waals surface area contributed by atoms with E-state index in [4.69, 9.17) is 0 Å². The number of carbonyl (C=O) groups excluding carboxylic acids is 1. The van der Waals surface area contributed by atoms with E-state index in [0.717, 1.165) is 9.87 Å². The second kappa shape index (κ2) is 12.0. The van der Waals surface area contributed by atoms with E-state index in [2.05, 4.69) is 25.3 Å². The zero-order valence-electron chi connectivity index (χ0n) is 20.7. The SMILES string of the molecule is COC(=O)Nc1nc2cc(S(=O)(=O)N(CC(C)C)C[C@H](O)[C@H](Cc3ccccc3)NC(=O)O)ccc2[nH]1. The quantitative estimate of drug-likeness (QED) is 0.250. The van der Waals surface area contributed by atoms with Gasteiger partial charge in [-0.1, -0.05) is 44.2 Å². The third-order valence-electron chi connectivity index (χ3n) is 5.53. The van der Waals surface area contributed by atoms with Crippen LogP contribution in [-0.2, 0) is 21.2 Å². The number of aromatic nitrogens is 2. The molecule has 2 amide bonds. The standard InChI is InChI=1S/C24H31N5O7S/c1-15(2)13-29(14-21(30)20(27-23(31)32)11-16-7-5-4-6-8-16)37(34,35)17-9-10-18-19(12-17)26-22(25-18)28-24(33)36-3/h4-10,12,15,20-21,27,30H,11,13-14H2,1-3H3,(H,31,32)(H2,25,26,28,33)/t20-,21-/m0/s1. The van der Waals surface area contributed by atoms with Gasteiger partial charge in [-0.3, -0.25) is 5.32 Å². The monoisotopic (exact) mass is 533 g/mol. The van der Waals surface area contributed by atoms with E-state index in [1.807, 2.05) is 19.9 Å². The van der Waals surface area contributed by atoms with Gasteiger partial charge in [0.1, 0.15) is 0 Å². The van der Waals surface area contributed by atoms with E-state index in [0.29, 0.717) is 11.0 Å². The maximum absolute atomic E-state index is 13.6. The van der Waals surface area contributed by atoms with Crippen LogP contribution in [0.4, 0.5) is 15.5 Å². The number of benzene rings is 2. The Balaban J connectivity index is 1.88. The number of hydrogen-bond donors (Lipinski definition) is 5. The van der Waals surface area contributed by atoms with Crippen LogP contribution in [0.25, 0.3) is 11.0 Å². The van der Waals surface area contributed by atoms with Crippen molar-refractivity contribution in [1.29, 1.82) is 0 Å². The first-order valence-electron chi connectivity index (χ1n) is 11.6. The first kappa shape index (κ1) is 27.9. The smallest absolute Gasteiger partial charge is 0.413 e. The van der Waals surface area contributed by atoms with Crippen molar-refractivity contribution in [3.05, 3.63) is 54.1 Å². The van der Waals surface area contributed by atoms with Gasteiger partial charge >= 0.3 is 12.2 Å². The maximum atomic E-state index is 13.6. The van der Waals surface area contributed by atoms with Gasteiger partial charge in [0.05, 0.1) is 35.2 Å². The Hall–Kier alpha value is -3.68. The Morgan fingerprint density at radius 2 is 1.84 bits per heavy atom. The summed E-state index contributed by atoms with van der Waals surface area (Å²) in [5, 5.41) is 25.0. The first-order valence-corrected chi connectivity index (χ1v) is 13.0. The van der Waals surface area contributed by atoms with Crippen LogP contribution in [0.3, 0.4) is 0 Å². The molecule has 3 rings (SSSR count). The third kappa shape index (κ3) is 7.41. The number of carboxylic acid groups (broad SMARTS) is 1. The number of rotatable bonds is 11. The number of ether oxygens (including phenoxy) is 1. The number of methoxy groups -OCH3 is 1. The number of sulfonamides is 1. The molecule has 0 bridgehead atoms. The average Bonchev–Trinajstić information content (AvgIpc) is 3.24. The fourth-order valence-electron chi connectivity index (χ4n) is 3.83. The summed E-state index contributed by atoms with van der Waals surface area (Å²) in [6.45, 7) is 3.45. The molecule has 2 atom stereocenters. The number of anilines is 1. The molecule has 0 aliphatic heterocycles. The van der Waals surface area contributed by atoms with Crippen molar-refractivity contribution < 1.29 is 33.0 Å². The minimum Gasteiger partial charge on any atom is -0.465 e. The molecule has 0 unspecified atom stereocenters. The number of aromatic amines is 1. The zero-order valence-corrected chi connectivity index (χ0v) is 21.5. The molecule has 0 spiro atoms. The van der Waals surface area contributed by atoms with Gasteiger partial charge in [0.2, 0.25) is 16.0 Å². The lowest BCUT2D eigenvalue weighted by Crippen LogP contribution is -2.50. The van der Waals surface area contributed by atoms with Crippen LogP contribution in [0.2, 0.25) is 0 Å². The summed E-state index contributed by atoms with van der Waals surface area (Å²) in [6.07, 6.45) is -3.20. The lowest BCUT2D eigenvalue weighted by Gasteiger charge is -2.30. The van der Waals surface area contributed by atoms with E-state index in [1.165, 1.54) is 25.3 Å². The van der Waals surface area contributed by atoms with Crippen LogP contribution < -0.4 is 10.6 Å². The van der Waals surface area contributed by atoms with E-state index in [9.17, 15) is 28.2 Å².